The molecule has 4 rings (SSSR count). The van der Waals surface area contributed by atoms with E-state index < -0.39 is 0 Å². The highest BCUT2D eigenvalue weighted by molar-refractivity contribution is 5.93. The van der Waals surface area contributed by atoms with E-state index in [9.17, 15) is 4.79 Å². The average molecular weight is 336 g/mol. The lowest BCUT2D eigenvalue weighted by Gasteiger charge is -2.26. The van der Waals surface area contributed by atoms with E-state index in [1.165, 1.54) is 30.4 Å². The summed E-state index contributed by atoms with van der Waals surface area (Å²) in [5.74, 6) is 1.32. The maximum absolute atomic E-state index is 12.7. The monoisotopic (exact) mass is 336 g/mol. The van der Waals surface area contributed by atoms with Crippen molar-refractivity contribution in [1.29, 1.82) is 0 Å². The van der Waals surface area contributed by atoms with Gasteiger partial charge >= 0.3 is 0 Å². The van der Waals surface area contributed by atoms with Crippen LogP contribution in [-0.4, -0.2) is 33.9 Å². The molecule has 1 aliphatic heterocycles. The number of fused-ring (bicyclic) bond motifs is 1. The van der Waals surface area contributed by atoms with Crippen LogP contribution < -0.4 is 5.32 Å². The predicted molar refractivity (Wildman–Crippen MR) is 98.3 cm³/mol. The van der Waals surface area contributed by atoms with Crippen molar-refractivity contribution in [3.05, 3.63) is 46.9 Å². The first-order chi connectivity index (χ1) is 12.2. The van der Waals surface area contributed by atoms with Crippen molar-refractivity contribution in [2.75, 3.05) is 18.4 Å². The first-order valence-corrected chi connectivity index (χ1v) is 9.23. The fourth-order valence-electron chi connectivity index (χ4n) is 3.80. The number of benzene rings is 1. The summed E-state index contributed by atoms with van der Waals surface area (Å²) in [6.45, 7) is 3.49. The summed E-state index contributed by atoms with van der Waals surface area (Å²) in [6, 6.07) is 8.26. The number of rotatable bonds is 3. The van der Waals surface area contributed by atoms with Crippen LogP contribution in [0.5, 0.6) is 0 Å². The molecule has 0 bridgehead atoms. The molecular weight excluding hydrogens is 312 g/mol. The Kier molecular flexibility index (Phi) is 4.38. The number of carbonyl (C=O) groups excluding carboxylic acids is 1. The molecule has 1 aromatic carbocycles. The van der Waals surface area contributed by atoms with Crippen molar-refractivity contribution >= 4 is 17.4 Å². The van der Waals surface area contributed by atoms with Crippen LogP contribution in [0.15, 0.2) is 24.3 Å². The highest BCUT2D eigenvalue weighted by atomic mass is 16.2. The van der Waals surface area contributed by atoms with Gasteiger partial charge in [0, 0.05) is 24.8 Å². The molecule has 5 heteroatoms. The van der Waals surface area contributed by atoms with Gasteiger partial charge in [-0.1, -0.05) is 6.07 Å². The van der Waals surface area contributed by atoms with Gasteiger partial charge in [0.1, 0.15) is 17.3 Å². The van der Waals surface area contributed by atoms with Crippen LogP contribution in [0.25, 0.3) is 0 Å². The molecule has 0 radical (unpaired) electrons. The summed E-state index contributed by atoms with van der Waals surface area (Å²) in [4.78, 5) is 23.4. The molecule has 2 aromatic rings. The first-order valence-electron chi connectivity index (χ1n) is 9.23. The lowest BCUT2D eigenvalue weighted by molar-refractivity contribution is 0.0718. The fourth-order valence-corrected chi connectivity index (χ4v) is 3.80. The van der Waals surface area contributed by atoms with E-state index in [1.54, 1.807) is 6.07 Å². The Morgan fingerprint density at radius 2 is 1.80 bits per heavy atom. The Morgan fingerprint density at radius 3 is 2.64 bits per heavy atom. The maximum atomic E-state index is 12.7. The van der Waals surface area contributed by atoms with Crippen molar-refractivity contribution in [2.45, 2.75) is 45.4 Å². The molecule has 2 heterocycles. The maximum Gasteiger partial charge on any atom is 0.272 e. The third-order valence-electron chi connectivity index (χ3n) is 5.07. The minimum atomic E-state index is 0.0159. The summed E-state index contributed by atoms with van der Waals surface area (Å²) >= 11 is 0. The summed E-state index contributed by atoms with van der Waals surface area (Å²) < 4.78 is 0. The smallest absolute Gasteiger partial charge is 0.272 e. The van der Waals surface area contributed by atoms with Gasteiger partial charge in [0.25, 0.3) is 5.91 Å². The zero-order valence-corrected chi connectivity index (χ0v) is 14.7. The van der Waals surface area contributed by atoms with E-state index in [0.29, 0.717) is 17.3 Å². The molecule has 1 fully saturated rings. The lowest BCUT2D eigenvalue weighted by Crippen LogP contribution is -2.36. The number of carbonyl (C=O) groups is 1. The minimum Gasteiger partial charge on any atom is -0.340 e. The van der Waals surface area contributed by atoms with Crippen LogP contribution in [0.4, 0.5) is 11.5 Å². The van der Waals surface area contributed by atoms with E-state index in [1.807, 2.05) is 11.8 Å². The van der Waals surface area contributed by atoms with Gasteiger partial charge in [-0.25, -0.2) is 9.97 Å². The molecule has 1 amide bonds. The SMILES string of the molecule is Cc1nc(Nc2ccc3c(c2)CCC3)cc(C(=O)N2CCCCC2)n1. The number of hydrogen-bond donors (Lipinski definition) is 1. The second-order valence-corrected chi connectivity index (χ2v) is 7.00. The second kappa shape index (κ2) is 6.82. The number of nitrogens with zero attached hydrogens (tertiary/aromatic N) is 3. The lowest BCUT2D eigenvalue weighted by atomic mass is 10.1. The highest BCUT2D eigenvalue weighted by Crippen LogP contribution is 2.26. The second-order valence-electron chi connectivity index (χ2n) is 7.00. The molecule has 5 nitrogen and oxygen atoms in total. The van der Waals surface area contributed by atoms with Gasteiger partial charge in [-0.2, -0.15) is 0 Å². The summed E-state index contributed by atoms with van der Waals surface area (Å²) in [7, 11) is 0. The van der Waals surface area contributed by atoms with Crippen LogP contribution in [-0.2, 0) is 12.8 Å². The Balaban J connectivity index is 1.56. The third kappa shape index (κ3) is 3.50. The van der Waals surface area contributed by atoms with Gasteiger partial charge in [-0.15, -0.1) is 0 Å². The van der Waals surface area contributed by atoms with Crippen molar-refractivity contribution in [2.24, 2.45) is 0 Å². The number of aromatic nitrogens is 2. The predicted octanol–water partition coefficient (Wildman–Crippen LogP) is 3.64. The number of hydrogen-bond acceptors (Lipinski definition) is 4. The molecule has 0 saturated carbocycles. The van der Waals surface area contributed by atoms with Gasteiger partial charge in [0.2, 0.25) is 0 Å². The summed E-state index contributed by atoms with van der Waals surface area (Å²) in [5.41, 5.74) is 4.37. The number of anilines is 2. The van der Waals surface area contributed by atoms with E-state index in [0.717, 1.165) is 38.0 Å². The summed E-state index contributed by atoms with van der Waals surface area (Å²) in [6.07, 6.45) is 6.92. The average Bonchev–Trinajstić information content (AvgIpc) is 3.09. The zero-order chi connectivity index (χ0) is 17.2. The number of aryl methyl sites for hydroxylation is 3. The molecule has 1 aromatic heterocycles. The highest BCUT2D eigenvalue weighted by Gasteiger charge is 2.20. The number of piperidine rings is 1. The van der Waals surface area contributed by atoms with Gasteiger partial charge in [-0.3, -0.25) is 4.79 Å². The zero-order valence-electron chi connectivity index (χ0n) is 14.7. The number of amides is 1. The normalized spacial score (nSPS) is 16.6. The Labute approximate surface area is 148 Å². The van der Waals surface area contributed by atoms with Gasteiger partial charge < -0.3 is 10.2 Å². The van der Waals surface area contributed by atoms with Crippen LogP contribution >= 0.6 is 0 Å². The van der Waals surface area contributed by atoms with Crippen molar-refractivity contribution in [3.8, 4) is 0 Å². The van der Waals surface area contributed by atoms with Gasteiger partial charge in [0.05, 0.1) is 0 Å². The first kappa shape index (κ1) is 16.1. The molecule has 2 aliphatic rings. The van der Waals surface area contributed by atoms with Gasteiger partial charge in [0.15, 0.2) is 0 Å². The topological polar surface area (TPSA) is 58.1 Å². The molecular formula is C20H24N4O. The van der Waals surface area contributed by atoms with Gasteiger partial charge in [-0.05, 0) is 68.7 Å². The molecule has 1 saturated heterocycles. The van der Waals surface area contributed by atoms with E-state index in [4.69, 9.17) is 0 Å². The fraction of sp³-hybridized carbons (Fsp3) is 0.450. The number of nitrogens with one attached hydrogen (secondary N) is 1. The molecule has 0 atom stereocenters. The number of likely N-dealkylation sites (tertiary alicyclic amines) is 1. The molecule has 0 spiro atoms. The standard InChI is InChI=1S/C20H24N4O/c1-14-21-18(20(25)24-10-3-2-4-11-24)13-19(22-14)23-17-9-8-15-6-5-7-16(15)12-17/h8-9,12-13H,2-7,10-11H2,1H3,(H,21,22,23). The summed E-state index contributed by atoms with van der Waals surface area (Å²) in [5, 5.41) is 3.35. The molecule has 130 valence electrons. The van der Waals surface area contributed by atoms with E-state index in [2.05, 4.69) is 33.5 Å². The van der Waals surface area contributed by atoms with Crippen LogP contribution in [0.2, 0.25) is 0 Å². The van der Waals surface area contributed by atoms with Crippen LogP contribution in [0.3, 0.4) is 0 Å². The van der Waals surface area contributed by atoms with Crippen LogP contribution in [0, 0.1) is 6.92 Å². The molecule has 1 aliphatic carbocycles. The van der Waals surface area contributed by atoms with Crippen LogP contribution in [0.1, 0.15) is 53.1 Å². The Morgan fingerprint density at radius 1 is 1.00 bits per heavy atom. The van der Waals surface area contributed by atoms with Crippen molar-refractivity contribution in [3.63, 3.8) is 0 Å². The quantitative estimate of drug-likeness (QED) is 0.929. The Bertz CT molecular complexity index is 796. The minimum absolute atomic E-state index is 0.0159. The van der Waals surface area contributed by atoms with E-state index in [-0.39, 0.29) is 5.91 Å². The third-order valence-corrected chi connectivity index (χ3v) is 5.07. The molecule has 1 N–H and O–H groups in total. The van der Waals surface area contributed by atoms with E-state index >= 15 is 0 Å². The van der Waals surface area contributed by atoms with Crippen molar-refractivity contribution in [1.82, 2.24) is 14.9 Å². The largest absolute Gasteiger partial charge is 0.340 e. The Hall–Kier alpha value is -2.43. The molecule has 0 unspecified atom stereocenters. The van der Waals surface area contributed by atoms with Crippen molar-refractivity contribution < 1.29 is 4.79 Å². The molecule has 25 heavy (non-hydrogen) atoms.